The highest BCUT2D eigenvalue weighted by molar-refractivity contribution is 7.89. The molecule has 3 rings (SSSR count). The van der Waals surface area contributed by atoms with Gasteiger partial charge in [0.15, 0.2) is 0 Å². The molecule has 0 aromatic heterocycles. The fraction of sp³-hybridized carbons (Fsp3) is 0.579. The summed E-state index contributed by atoms with van der Waals surface area (Å²) in [4.78, 5) is 27.6. The van der Waals surface area contributed by atoms with Gasteiger partial charge in [0.1, 0.15) is 0 Å². The maximum absolute atomic E-state index is 13.0. The Bertz CT molecular complexity index is 824. The van der Waals surface area contributed by atoms with Crippen LogP contribution >= 0.6 is 0 Å². The standard InChI is InChI=1S/C19H27N3O5S/c1-20(12-13-23)19(25)15-4-2-10-21(14-15)28(26,27)17-8-6-16(7-9-17)22-11-3-5-18(22)24/h6-9,15,23H,2-5,10-14H2,1H3/t15-/m0/s1. The third kappa shape index (κ3) is 4.21. The van der Waals surface area contributed by atoms with E-state index in [1.54, 1.807) is 24.1 Å². The predicted molar refractivity (Wildman–Crippen MR) is 104 cm³/mol. The minimum atomic E-state index is -3.71. The predicted octanol–water partition coefficient (Wildman–Crippen LogP) is 0.665. The van der Waals surface area contributed by atoms with E-state index < -0.39 is 15.9 Å². The van der Waals surface area contributed by atoms with Gasteiger partial charge in [0, 0.05) is 45.3 Å². The number of aliphatic hydroxyl groups is 1. The molecule has 28 heavy (non-hydrogen) atoms. The second kappa shape index (κ2) is 8.59. The van der Waals surface area contributed by atoms with Crippen LogP contribution < -0.4 is 4.90 Å². The summed E-state index contributed by atoms with van der Waals surface area (Å²) in [6.45, 7) is 1.29. The third-order valence-corrected chi connectivity index (χ3v) is 7.28. The van der Waals surface area contributed by atoms with E-state index in [9.17, 15) is 18.0 Å². The van der Waals surface area contributed by atoms with E-state index in [4.69, 9.17) is 5.11 Å². The van der Waals surface area contributed by atoms with Crippen molar-refractivity contribution in [2.24, 2.45) is 5.92 Å². The first-order chi connectivity index (χ1) is 13.3. The Balaban J connectivity index is 1.73. The number of piperidine rings is 1. The molecule has 0 aliphatic carbocycles. The van der Waals surface area contributed by atoms with Gasteiger partial charge >= 0.3 is 0 Å². The molecular formula is C19H27N3O5S. The number of carbonyl (C=O) groups excluding carboxylic acids is 2. The molecule has 8 nitrogen and oxygen atoms in total. The zero-order valence-corrected chi connectivity index (χ0v) is 16.9. The molecule has 1 atom stereocenters. The molecule has 0 spiro atoms. The highest BCUT2D eigenvalue weighted by atomic mass is 32.2. The zero-order valence-electron chi connectivity index (χ0n) is 16.1. The fourth-order valence-corrected chi connectivity index (χ4v) is 5.33. The Morgan fingerprint density at radius 3 is 2.54 bits per heavy atom. The van der Waals surface area contributed by atoms with Crippen molar-refractivity contribution in [2.45, 2.75) is 30.6 Å². The molecule has 2 saturated heterocycles. The minimum Gasteiger partial charge on any atom is -0.395 e. The van der Waals surface area contributed by atoms with Gasteiger partial charge in [-0.3, -0.25) is 9.59 Å². The summed E-state index contributed by atoms with van der Waals surface area (Å²) in [6.07, 6.45) is 2.58. The molecule has 2 heterocycles. The van der Waals surface area contributed by atoms with Gasteiger partial charge in [-0.15, -0.1) is 0 Å². The minimum absolute atomic E-state index is 0.0555. The number of sulfonamides is 1. The average Bonchev–Trinajstić information content (AvgIpc) is 3.13. The van der Waals surface area contributed by atoms with Gasteiger partial charge in [-0.25, -0.2) is 8.42 Å². The molecule has 154 valence electrons. The summed E-state index contributed by atoms with van der Waals surface area (Å²) in [6, 6.07) is 6.38. The van der Waals surface area contributed by atoms with Crippen molar-refractivity contribution >= 4 is 27.5 Å². The largest absolute Gasteiger partial charge is 0.395 e. The molecule has 2 aliphatic heterocycles. The number of anilines is 1. The van der Waals surface area contributed by atoms with Crippen LogP contribution in [0, 0.1) is 5.92 Å². The first-order valence-corrected chi connectivity index (χ1v) is 11.0. The normalized spacial score (nSPS) is 21.1. The molecule has 1 N–H and O–H groups in total. The van der Waals surface area contributed by atoms with Gasteiger partial charge in [-0.2, -0.15) is 4.31 Å². The lowest BCUT2D eigenvalue weighted by atomic mass is 9.98. The summed E-state index contributed by atoms with van der Waals surface area (Å²) in [5, 5.41) is 9.01. The van der Waals surface area contributed by atoms with Gasteiger partial charge in [0.25, 0.3) is 0 Å². The van der Waals surface area contributed by atoms with E-state index in [1.165, 1.54) is 21.3 Å². The van der Waals surface area contributed by atoms with Crippen molar-refractivity contribution in [3.05, 3.63) is 24.3 Å². The molecule has 2 fully saturated rings. The summed E-state index contributed by atoms with van der Waals surface area (Å²) >= 11 is 0. The first-order valence-electron chi connectivity index (χ1n) is 9.61. The van der Waals surface area contributed by atoms with Crippen LogP contribution in [0.2, 0.25) is 0 Å². The molecule has 0 radical (unpaired) electrons. The molecule has 1 aromatic carbocycles. The van der Waals surface area contributed by atoms with Crippen LogP contribution in [0.4, 0.5) is 5.69 Å². The van der Waals surface area contributed by atoms with Crippen molar-refractivity contribution in [2.75, 3.05) is 44.7 Å². The van der Waals surface area contributed by atoms with E-state index >= 15 is 0 Å². The number of amides is 2. The zero-order chi connectivity index (χ0) is 20.3. The van der Waals surface area contributed by atoms with Gasteiger partial charge in [-0.05, 0) is 43.5 Å². The Hall–Kier alpha value is -1.97. The third-order valence-electron chi connectivity index (χ3n) is 5.40. The molecule has 2 aliphatic rings. The van der Waals surface area contributed by atoms with E-state index in [-0.39, 0.29) is 36.4 Å². The maximum atomic E-state index is 13.0. The van der Waals surface area contributed by atoms with Gasteiger partial charge < -0.3 is 14.9 Å². The van der Waals surface area contributed by atoms with E-state index in [1.807, 2.05) is 0 Å². The van der Waals surface area contributed by atoms with Crippen LogP contribution in [0.25, 0.3) is 0 Å². The Kier molecular flexibility index (Phi) is 6.36. The van der Waals surface area contributed by atoms with Crippen LogP contribution in [0.15, 0.2) is 29.2 Å². The Labute approximate surface area is 165 Å². The smallest absolute Gasteiger partial charge is 0.243 e. The monoisotopic (exact) mass is 409 g/mol. The van der Waals surface area contributed by atoms with Crippen LogP contribution in [-0.2, 0) is 19.6 Å². The van der Waals surface area contributed by atoms with Crippen molar-refractivity contribution in [3.63, 3.8) is 0 Å². The second-order valence-electron chi connectivity index (χ2n) is 7.33. The lowest BCUT2D eigenvalue weighted by Gasteiger charge is -2.33. The van der Waals surface area contributed by atoms with Crippen LogP contribution in [0.1, 0.15) is 25.7 Å². The molecule has 2 amide bonds. The number of hydrogen-bond acceptors (Lipinski definition) is 5. The number of carbonyl (C=O) groups is 2. The Morgan fingerprint density at radius 2 is 1.93 bits per heavy atom. The number of hydrogen-bond donors (Lipinski definition) is 1. The number of nitrogens with zero attached hydrogens (tertiary/aromatic N) is 3. The number of rotatable bonds is 6. The quantitative estimate of drug-likeness (QED) is 0.745. The highest BCUT2D eigenvalue weighted by Crippen LogP contribution is 2.27. The summed E-state index contributed by atoms with van der Waals surface area (Å²) in [5.74, 6) is -0.488. The number of likely N-dealkylation sites (N-methyl/N-ethyl adjacent to an activating group) is 1. The lowest BCUT2D eigenvalue weighted by Crippen LogP contribution is -2.46. The molecular weight excluding hydrogens is 382 g/mol. The van der Waals surface area contributed by atoms with Crippen molar-refractivity contribution in [1.82, 2.24) is 9.21 Å². The fourth-order valence-electron chi connectivity index (χ4n) is 3.80. The second-order valence-corrected chi connectivity index (χ2v) is 9.27. The van der Waals surface area contributed by atoms with Gasteiger partial charge in [0.2, 0.25) is 21.8 Å². The molecule has 9 heteroatoms. The van der Waals surface area contributed by atoms with Crippen molar-refractivity contribution < 1.29 is 23.1 Å². The molecule has 0 unspecified atom stereocenters. The highest BCUT2D eigenvalue weighted by Gasteiger charge is 2.34. The number of aliphatic hydroxyl groups excluding tert-OH is 1. The van der Waals surface area contributed by atoms with Crippen molar-refractivity contribution in [1.29, 1.82) is 0 Å². The van der Waals surface area contributed by atoms with Gasteiger partial charge in [-0.1, -0.05) is 0 Å². The summed E-state index contributed by atoms with van der Waals surface area (Å²) in [7, 11) is -2.10. The molecule has 0 bridgehead atoms. The van der Waals surface area contributed by atoms with Gasteiger partial charge in [0.05, 0.1) is 17.4 Å². The first kappa shape index (κ1) is 20.8. The molecule has 1 aromatic rings. The maximum Gasteiger partial charge on any atom is 0.243 e. The lowest BCUT2D eigenvalue weighted by molar-refractivity contribution is -0.135. The van der Waals surface area contributed by atoms with E-state index in [0.29, 0.717) is 38.0 Å². The Morgan fingerprint density at radius 1 is 1.21 bits per heavy atom. The van der Waals surface area contributed by atoms with Crippen LogP contribution in [0.5, 0.6) is 0 Å². The molecule has 0 saturated carbocycles. The summed E-state index contributed by atoms with van der Waals surface area (Å²) in [5.41, 5.74) is 0.707. The van der Waals surface area contributed by atoms with E-state index in [2.05, 4.69) is 0 Å². The van der Waals surface area contributed by atoms with Crippen LogP contribution in [-0.4, -0.2) is 74.4 Å². The van der Waals surface area contributed by atoms with Crippen molar-refractivity contribution in [3.8, 4) is 0 Å². The topological polar surface area (TPSA) is 98.2 Å². The average molecular weight is 410 g/mol. The summed E-state index contributed by atoms with van der Waals surface area (Å²) < 4.78 is 27.4. The number of benzene rings is 1. The van der Waals surface area contributed by atoms with Crippen LogP contribution in [0.3, 0.4) is 0 Å². The SMILES string of the molecule is CN(CCO)C(=O)[C@H]1CCCN(S(=O)(=O)c2ccc(N3CCCC3=O)cc2)C1. The van der Waals surface area contributed by atoms with E-state index in [0.717, 1.165) is 6.42 Å².